The van der Waals surface area contributed by atoms with Gasteiger partial charge in [-0.15, -0.1) is 0 Å². The highest BCUT2D eigenvalue weighted by Gasteiger charge is 2.21. The van der Waals surface area contributed by atoms with Gasteiger partial charge in [-0.2, -0.15) is 0 Å². The van der Waals surface area contributed by atoms with E-state index in [1.54, 1.807) is 0 Å². The summed E-state index contributed by atoms with van der Waals surface area (Å²) in [5, 5.41) is 4.04. The molecule has 1 aromatic heterocycles. The lowest BCUT2D eigenvalue weighted by Gasteiger charge is -2.33. The Balaban J connectivity index is 1.61. The molecule has 130 valence electrons. The molecule has 0 radical (unpaired) electrons. The molecule has 0 N–H and O–H groups in total. The number of aromatic nitrogens is 1. The fourth-order valence-corrected chi connectivity index (χ4v) is 3.67. The van der Waals surface area contributed by atoms with Crippen molar-refractivity contribution >= 4 is 0 Å². The van der Waals surface area contributed by atoms with Gasteiger partial charge in [0.1, 0.15) is 0 Å². The first kappa shape index (κ1) is 17.2. The molecular weight excluding hydrogens is 298 g/mol. The molecule has 24 heavy (non-hydrogen) atoms. The Labute approximate surface area is 145 Å². The van der Waals surface area contributed by atoms with Gasteiger partial charge in [0.2, 0.25) is 0 Å². The van der Waals surface area contributed by atoms with Gasteiger partial charge in [-0.25, -0.2) is 0 Å². The van der Waals surface area contributed by atoms with E-state index in [9.17, 15) is 0 Å². The van der Waals surface area contributed by atoms with Crippen LogP contribution in [0.15, 0.2) is 40.9 Å². The smallest absolute Gasteiger partial charge is 0.150 e. The number of nitrogens with zero attached hydrogens (tertiary/aromatic N) is 3. The predicted octanol–water partition coefficient (Wildman–Crippen LogP) is 3.37. The number of aryl methyl sites for hydroxylation is 1. The van der Waals surface area contributed by atoms with E-state index < -0.39 is 0 Å². The zero-order chi connectivity index (χ0) is 16.8. The number of piperidine rings is 1. The normalized spacial score (nSPS) is 19.0. The molecule has 1 saturated heterocycles. The lowest BCUT2D eigenvalue weighted by Crippen LogP contribution is -2.39. The molecule has 0 saturated carbocycles. The van der Waals surface area contributed by atoms with Crippen molar-refractivity contribution < 1.29 is 4.52 Å². The van der Waals surface area contributed by atoms with Crippen LogP contribution in [0.25, 0.3) is 0 Å². The van der Waals surface area contributed by atoms with Crippen molar-refractivity contribution in [2.24, 2.45) is 5.92 Å². The van der Waals surface area contributed by atoms with Crippen LogP contribution in [0.2, 0.25) is 0 Å². The Morgan fingerprint density at radius 3 is 2.83 bits per heavy atom. The molecule has 0 aliphatic carbocycles. The Morgan fingerprint density at radius 1 is 1.29 bits per heavy atom. The highest BCUT2D eigenvalue weighted by molar-refractivity contribution is 5.15. The Kier molecular flexibility index (Phi) is 6.05. The molecular formula is C20H29N3O. The molecule has 1 aliphatic rings. The van der Waals surface area contributed by atoms with Crippen molar-refractivity contribution in [2.75, 3.05) is 33.2 Å². The highest BCUT2D eigenvalue weighted by atomic mass is 16.5. The number of rotatable bonds is 7. The molecule has 1 atom stereocenters. The molecule has 1 aliphatic heterocycles. The first-order chi connectivity index (χ1) is 11.7. The first-order valence-corrected chi connectivity index (χ1v) is 9.06. The van der Waals surface area contributed by atoms with E-state index in [1.807, 2.05) is 6.92 Å². The standard InChI is InChI=1S/C20H29N3O/c1-17-13-20(24-21-17)16-23(12-10-18-7-4-3-5-8-18)15-19-9-6-11-22(2)14-19/h3-5,7-8,13,19H,6,9-12,14-16H2,1-2H3/t19-/m1/s1. The number of likely N-dealkylation sites (tertiary alicyclic amines) is 1. The van der Waals surface area contributed by atoms with E-state index in [1.165, 1.54) is 31.5 Å². The fraction of sp³-hybridized carbons (Fsp3) is 0.550. The molecule has 0 amide bonds. The lowest BCUT2D eigenvalue weighted by atomic mass is 9.97. The van der Waals surface area contributed by atoms with Gasteiger partial charge in [0.15, 0.2) is 5.76 Å². The molecule has 1 fully saturated rings. The third-order valence-electron chi connectivity index (χ3n) is 4.85. The maximum atomic E-state index is 5.46. The van der Waals surface area contributed by atoms with E-state index in [-0.39, 0.29) is 0 Å². The van der Waals surface area contributed by atoms with Crippen LogP contribution in [0.5, 0.6) is 0 Å². The summed E-state index contributed by atoms with van der Waals surface area (Å²) in [5.74, 6) is 1.73. The zero-order valence-electron chi connectivity index (χ0n) is 14.9. The molecule has 4 heteroatoms. The van der Waals surface area contributed by atoms with Crippen LogP contribution in [0.1, 0.15) is 29.9 Å². The fourth-order valence-electron chi connectivity index (χ4n) is 3.67. The maximum absolute atomic E-state index is 5.46. The van der Waals surface area contributed by atoms with Gasteiger partial charge in [-0.05, 0) is 51.3 Å². The molecule has 0 bridgehead atoms. The van der Waals surface area contributed by atoms with Gasteiger partial charge in [0, 0.05) is 25.7 Å². The van der Waals surface area contributed by atoms with E-state index >= 15 is 0 Å². The maximum Gasteiger partial charge on any atom is 0.150 e. The van der Waals surface area contributed by atoms with Crippen molar-refractivity contribution in [2.45, 2.75) is 32.7 Å². The van der Waals surface area contributed by atoms with Crippen molar-refractivity contribution in [1.29, 1.82) is 0 Å². The topological polar surface area (TPSA) is 32.5 Å². The third kappa shape index (κ3) is 5.18. The van der Waals surface area contributed by atoms with Gasteiger partial charge in [0.05, 0.1) is 12.2 Å². The van der Waals surface area contributed by atoms with Crippen LogP contribution < -0.4 is 0 Å². The van der Waals surface area contributed by atoms with Crippen molar-refractivity contribution in [3.05, 3.63) is 53.4 Å². The van der Waals surface area contributed by atoms with E-state index in [4.69, 9.17) is 4.52 Å². The second-order valence-electron chi connectivity index (χ2n) is 7.18. The lowest BCUT2D eigenvalue weighted by molar-refractivity contribution is 0.140. The molecule has 1 aromatic carbocycles. The average molecular weight is 327 g/mol. The second kappa shape index (κ2) is 8.45. The van der Waals surface area contributed by atoms with Crippen LogP contribution >= 0.6 is 0 Å². The molecule has 4 nitrogen and oxygen atoms in total. The molecule has 3 rings (SSSR count). The first-order valence-electron chi connectivity index (χ1n) is 9.06. The SMILES string of the molecule is Cc1cc(CN(CCc2ccccc2)C[C@@H]2CCCN(C)C2)on1. The Hall–Kier alpha value is -1.65. The number of hydrogen-bond donors (Lipinski definition) is 0. The quantitative estimate of drug-likeness (QED) is 0.780. The van der Waals surface area contributed by atoms with Gasteiger partial charge >= 0.3 is 0 Å². The molecule has 0 unspecified atom stereocenters. The largest absolute Gasteiger partial charge is 0.360 e. The summed E-state index contributed by atoms with van der Waals surface area (Å²) in [5.41, 5.74) is 2.36. The summed E-state index contributed by atoms with van der Waals surface area (Å²) < 4.78 is 5.46. The summed E-state index contributed by atoms with van der Waals surface area (Å²) in [7, 11) is 2.24. The minimum atomic E-state index is 0.753. The minimum absolute atomic E-state index is 0.753. The summed E-state index contributed by atoms with van der Waals surface area (Å²) in [4.78, 5) is 5.00. The van der Waals surface area contributed by atoms with E-state index in [2.05, 4.69) is 58.4 Å². The summed E-state index contributed by atoms with van der Waals surface area (Å²) >= 11 is 0. The summed E-state index contributed by atoms with van der Waals surface area (Å²) in [6.45, 7) is 7.48. The monoisotopic (exact) mass is 327 g/mol. The number of benzene rings is 1. The van der Waals surface area contributed by atoms with Gasteiger partial charge in [-0.3, -0.25) is 4.90 Å². The van der Waals surface area contributed by atoms with Gasteiger partial charge in [0.25, 0.3) is 0 Å². The van der Waals surface area contributed by atoms with E-state index in [0.29, 0.717) is 0 Å². The van der Waals surface area contributed by atoms with E-state index in [0.717, 1.165) is 43.4 Å². The van der Waals surface area contributed by atoms with Crippen LogP contribution in [0.3, 0.4) is 0 Å². The summed E-state index contributed by atoms with van der Waals surface area (Å²) in [6, 6.07) is 12.8. The summed E-state index contributed by atoms with van der Waals surface area (Å²) in [6.07, 6.45) is 3.73. The minimum Gasteiger partial charge on any atom is -0.360 e. The van der Waals surface area contributed by atoms with Crippen molar-refractivity contribution in [3.8, 4) is 0 Å². The highest BCUT2D eigenvalue weighted by Crippen LogP contribution is 2.18. The Morgan fingerprint density at radius 2 is 2.12 bits per heavy atom. The third-order valence-corrected chi connectivity index (χ3v) is 4.85. The van der Waals surface area contributed by atoms with Crippen LogP contribution in [-0.4, -0.2) is 48.2 Å². The van der Waals surface area contributed by atoms with Crippen LogP contribution in [0.4, 0.5) is 0 Å². The predicted molar refractivity (Wildman–Crippen MR) is 96.9 cm³/mol. The average Bonchev–Trinajstić information content (AvgIpc) is 2.99. The second-order valence-corrected chi connectivity index (χ2v) is 7.18. The van der Waals surface area contributed by atoms with Crippen LogP contribution in [0, 0.1) is 12.8 Å². The Bertz CT molecular complexity index is 610. The molecule has 0 spiro atoms. The molecule has 2 heterocycles. The van der Waals surface area contributed by atoms with Gasteiger partial charge < -0.3 is 9.42 Å². The van der Waals surface area contributed by atoms with Crippen molar-refractivity contribution in [3.63, 3.8) is 0 Å². The zero-order valence-corrected chi connectivity index (χ0v) is 14.9. The number of hydrogen-bond acceptors (Lipinski definition) is 4. The molecule has 2 aromatic rings. The van der Waals surface area contributed by atoms with Crippen molar-refractivity contribution in [1.82, 2.24) is 15.0 Å². The van der Waals surface area contributed by atoms with Gasteiger partial charge in [-0.1, -0.05) is 35.5 Å². The van der Waals surface area contributed by atoms with Crippen LogP contribution in [-0.2, 0) is 13.0 Å².